The molecule has 1 fully saturated rings. The van der Waals surface area contributed by atoms with Crippen LogP contribution in [-0.4, -0.2) is 50.3 Å². The number of aromatic nitrogens is 4. The van der Waals surface area contributed by atoms with Crippen LogP contribution in [0.5, 0.6) is 0 Å². The van der Waals surface area contributed by atoms with Crippen molar-refractivity contribution in [2.24, 2.45) is 0 Å². The zero-order valence-corrected chi connectivity index (χ0v) is 15.0. The minimum Gasteiger partial charge on any atom is -0.371 e. The molecule has 0 aromatic carbocycles. The monoisotopic (exact) mass is 350 g/mol. The number of piperidine rings is 1. The summed E-state index contributed by atoms with van der Waals surface area (Å²) in [6.45, 7) is 3.53. The molecule has 1 amide bonds. The number of fused-ring (bicyclic) bond motifs is 1. The van der Waals surface area contributed by atoms with Crippen LogP contribution in [0, 0.1) is 0 Å². The smallest absolute Gasteiger partial charge is 0.274 e. The summed E-state index contributed by atoms with van der Waals surface area (Å²) in [4.78, 5) is 27.7. The number of hydrogen-bond donors (Lipinski definition) is 1. The maximum absolute atomic E-state index is 12.8. The Morgan fingerprint density at radius 1 is 1.35 bits per heavy atom. The van der Waals surface area contributed by atoms with Gasteiger partial charge in [0.1, 0.15) is 11.5 Å². The normalized spacial score (nSPS) is 20.3. The van der Waals surface area contributed by atoms with Crippen LogP contribution in [-0.2, 0) is 5.41 Å². The molecule has 4 rings (SSSR count). The van der Waals surface area contributed by atoms with Gasteiger partial charge in [-0.3, -0.25) is 9.78 Å². The van der Waals surface area contributed by atoms with Crippen LogP contribution >= 0.6 is 0 Å². The van der Waals surface area contributed by atoms with E-state index in [0.29, 0.717) is 12.2 Å². The highest BCUT2D eigenvalue weighted by Gasteiger charge is 2.37. The molecule has 26 heavy (non-hydrogen) atoms. The molecule has 1 aliphatic rings. The van der Waals surface area contributed by atoms with Gasteiger partial charge in [0.15, 0.2) is 0 Å². The number of nitrogens with one attached hydrogen (secondary N) is 1. The average molecular weight is 350 g/mol. The molecule has 0 spiro atoms. The summed E-state index contributed by atoms with van der Waals surface area (Å²) in [5, 5.41) is 3.18. The van der Waals surface area contributed by atoms with E-state index in [0.717, 1.165) is 36.4 Å². The van der Waals surface area contributed by atoms with Gasteiger partial charge in [0.25, 0.3) is 5.91 Å². The first-order valence-electron chi connectivity index (χ1n) is 8.82. The van der Waals surface area contributed by atoms with Crippen molar-refractivity contribution in [2.75, 3.05) is 25.5 Å². The molecule has 1 aliphatic heterocycles. The second kappa shape index (κ2) is 6.40. The molecule has 3 aromatic heterocycles. The lowest BCUT2D eigenvalue weighted by atomic mass is 9.79. The van der Waals surface area contributed by atoms with Crippen molar-refractivity contribution in [1.29, 1.82) is 0 Å². The third-order valence-corrected chi connectivity index (χ3v) is 5.14. The number of amides is 1. The van der Waals surface area contributed by atoms with Gasteiger partial charge < -0.3 is 14.6 Å². The Hall–Kier alpha value is -2.96. The van der Waals surface area contributed by atoms with Gasteiger partial charge in [-0.2, -0.15) is 0 Å². The van der Waals surface area contributed by atoms with Crippen molar-refractivity contribution >= 4 is 17.2 Å². The second-order valence-electron chi connectivity index (χ2n) is 7.01. The van der Waals surface area contributed by atoms with Gasteiger partial charge in [-0.25, -0.2) is 9.97 Å². The highest BCUT2D eigenvalue weighted by atomic mass is 16.2. The van der Waals surface area contributed by atoms with Crippen molar-refractivity contribution in [3.8, 4) is 0 Å². The van der Waals surface area contributed by atoms with Crippen LogP contribution in [0.15, 0.2) is 43.1 Å². The third kappa shape index (κ3) is 2.79. The Morgan fingerprint density at radius 2 is 2.23 bits per heavy atom. The molecule has 0 bridgehead atoms. The molecular formula is C19H22N6O. The van der Waals surface area contributed by atoms with Gasteiger partial charge >= 0.3 is 0 Å². The van der Waals surface area contributed by atoms with Gasteiger partial charge in [0, 0.05) is 50.3 Å². The average Bonchev–Trinajstić information content (AvgIpc) is 3.16. The predicted molar refractivity (Wildman–Crippen MR) is 99.3 cm³/mol. The van der Waals surface area contributed by atoms with Crippen LogP contribution < -0.4 is 5.32 Å². The third-order valence-electron chi connectivity index (χ3n) is 5.14. The summed E-state index contributed by atoms with van der Waals surface area (Å²) in [5.74, 6) is 0.783. The number of rotatable bonds is 3. The summed E-state index contributed by atoms with van der Waals surface area (Å²) in [6, 6.07) is 4.05. The van der Waals surface area contributed by atoms with Crippen LogP contribution in [0.25, 0.3) is 5.52 Å². The van der Waals surface area contributed by atoms with Gasteiger partial charge in [-0.05, 0) is 25.0 Å². The Bertz CT molecular complexity index is 938. The fourth-order valence-electron chi connectivity index (χ4n) is 3.71. The molecule has 4 heterocycles. The van der Waals surface area contributed by atoms with Crippen LogP contribution in [0.3, 0.4) is 0 Å². The Kier molecular flexibility index (Phi) is 4.06. The minimum absolute atomic E-state index is 0.0695. The highest BCUT2D eigenvalue weighted by molar-refractivity contribution is 5.92. The van der Waals surface area contributed by atoms with E-state index >= 15 is 0 Å². The number of likely N-dealkylation sites (tertiary alicyclic amines) is 1. The number of hydrogen-bond acceptors (Lipinski definition) is 5. The lowest BCUT2D eigenvalue weighted by molar-refractivity contribution is 0.0641. The quantitative estimate of drug-likeness (QED) is 0.785. The van der Waals surface area contributed by atoms with E-state index in [4.69, 9.17) is 4.98 Å². The van der Waals surface area contributed by atoms with Crippen LogP contribution in [0.4, 0.5) is 5.82 Å². The molecule has 0 aliphatic carbocycles. The van der Waals surface area contributed by atoms with Crippen molar-refractivity contribution in [3.63, 3.8) is 0 Å². The van der Waals surface area contributed by atoms with Gasteiger partial charge in [-0.1, -0.05) is 6.92 Å². The van der Waals surface area contributed by atoms with Gasteiger partial charge in [0.05, 0.1) is 17.4 Å². The Morgan fingerprint density at radius 3 is 3.00 bits per heavy atom. The molecule has 7 heteroatoms. The number of carbonyl (C=O) groups is 1. The van der Waals surface area contributed by atoms with E-state index in [1.807, 2.05) is 30.3 Å². The summed E-state index contributed by atoms with van der Waals surface area (Å²) in [7, 11) is 1.88. The van der Waals surface area contributed by atoms with Crippen LogP contribution in [0.1, 0.15) is 35.9 Å². The summed E-state index contributed by atoms with van der Waals surface area (Å²) >= 11 is 0. The molecule has 3 aromatic rings. The molecule has 0 unspecified atom stereocenters. The molecule has 1 N–H and O–H groups in total. The zero-order valence-electron chi connectivity index (χ0n) is 15.0. The number of nitrogens with zero attached hydrogens (tertiary/aromatic N) is 5. The first-order chi connectivity index (χ1) is 12.6. The number of anilines is 1. The molecule has 7 nitrogen and oxygen atoms in total. The lowest BCUT2D eigenvalue weighted by Gasteiger charge is -2.40. The van der Waals surface area contributed by atoms with E-state index < -0.39 is 0 Å². The molecule has 1 saturated heterocycles. The second-order valence-corrected chi connectivity index (χ2v) is 7.01. The SMILES string of the molecule is CNc1nc([C@]2(C)CCCN(C(=O)c3cnccn3)C2)cn2cccc12. The predicted octanol–water partition coefficient (Wildman–Crippen LogP) is 2.36. The molecule has 0 radical (unpaired) electrons. The van der Waals surface area contributed by atoms with Crippen LogP contribution in [0.2, 0.25) is 0 Å². The van der Waals surface area contributed by atoms with E-state index in [2.05, 4.69) is 32.8 Å². The Balaban J connectivity index is 1.66. The van der Waals surface area contributed by atoms with Gasteiger partial charge in [-0.15, -0.1) is 0 Å². The van der Waals surface area contributed by atoms with Crippen molar-refractivity contribution in [1.82, 2.24) is 24.3 Å². The standard InChI is InChI=1S/C19H22N6O/c1-19(16-12-24-9-3-5-15(24)17(20-2)23-16)6-4-10-25(13-19)18(26)14-11-21-7-8-22-14/h3,5,7-9,11-12H,4,6,10,13H2,1-2H3,(H,20,23)/t19-/m1/s1. The van der Waals surface area contributed by atoms with E-state index in [9.17, 15) is 4.79 Å². The lowest BCUT2D eigenvalue weighted by Crippen LogP contribution is -2.47. The van der Waals surface area contributed by atoms with E-state index in [-0.39, 0.29) is 11.3 Å². The minimum atomic E-state index is -0.208. The molecule has 134 valence electrons. The summed E-state index contributed by atoms with van der Waals surface area (Å²) in [5.41, 5.74) is 2.21. The first-order valence-corrected chi connectivity index (χ1v) is 8.82. The van der Waals surface area contributed by atoms with Crippen molar-refractivity contribution in [2.45, 2.75) is 25.2 Å². The molecular weight excluding hydrogens is 328 g/mol. The summed E-state index contributed by atoms with van der Waals surface area (Å²) < 4.78 is 2.09. The molecule has 1 atom stereocenters. The Labute approximate surface area is 152 Å². The maximum atomic E-state index is 12.8. The zero-order chi connectivity index (χ0) is 18.1. The van der Waals surface area contributed by atoms with Crippen molar-refractivity contribution < 1.29 is 4.79 Å². The maximum Gasteiger partial charge on any atom is 0.274 e. The fraction of sp³-hybridized carbons (Fsp3) is 0.368. The van der Waals surface area contributed by atoms with Crippen molar-refractivity contribution in [3.05, 3.63) is 54.5 Å². The van der Waals surface area contributed by atoms with E-state index in [1.54, 1.807) is 12.4 Å². The van der Waals surface area contributed by atoms with E-state index in [1.165, 1.54) is 6.20 Å². The number of carbonyl (C=O) groups excluding carboxylic acids is 1. The van der Waals surface area contributed by atoms with Gasteiger partial charge in [0.2, 0.25) is 0 Å². The first kappa shape index (κ1) is 16.5. The fourth-order valence-corrected chi connectivity index (χ4v) is 3.71. The molecule has 0 saturated carbocycles. The highest BCUT2D eigenvalue weighted by Crippen LogP contribution is 2.34. The largest absolute Gasteiger partial charge is 0.371 e. The summed E-state index contributed by atoms with van der Waals surface area (Å²) in [6.07, 6.45) is 10.7. The topological polar surface area (TPSA) is 75.4 Å².